The molecule has 8 heteroatoms. The van der Waals surface area contributed by atoms with Crippen LogP contribution in [0.25, 0.3) is 0 Å². The molecule has 23 heavy (non-hydrogen) atoms. The van der Waals surface area contributed by atoms with Gasteiger partial charge in [0.2, 0.25) is 0 Å². The molecule has 2 saturated heterocycles. The number of amides is 1. The molecule has 0 aromatic carbocycles. The van der Waals surface area contributed by atoms with Crippen molar-refractivity contribution in [3.63, 3.8) is 0 Å². The molecule has 1 aromatic rings. The van der Waals surface area contributed by atoms with E-state index in [1.54, 1.807) is 26.7 Å². The molecule has 0 N–H and O–H groups in total. The van der Waals surface area contributed by atoms with E-state index in [2.05, 4.69) is 5.10 Å². The lowest BCUT2D eigenvalue weighted by atomic mass is 10.1. The van der Waals surface area contributed by atoms with E-state index in [-0.39, 0.29) is 31.0 Å². The topological polar surface area (TPSA) is 50.6 Å². The molecule has 1 amide bonds. The first-order valence-corrected chi connectivity index (χ1v) is 7.88. The molecular formula is C15H22F2N4O2. The summed E-state index contributed by atoms with van der Waals surface area (Å²) in [6, 6.07) is 1.38. The smallest absolute Gasteiger partial charge is 0.274 e. The second-order valence-corrected chi connectivity index (χ2v) is 6.26. The number of hydrogen-bond donors (Lipinski definition) is 0. The maximum atomic E-state index is 13.7. The lowest BCUT2D eigenvalue weighted by Crippen LogP contribution is -2.62. The van der Waals surface area contributed by atoms with Gasteiger partial charge in [-0.3, -0.25) is 14.4 Å². The number of methoxy groups -OCH3 is 1. The summed E-state index contributed by atoms with van der Waals surface area (Å²) in [5, 5.41) is 4.19. The molecule has 2 aliphatic rings. The van der Waals surface area contributed by atoms with Crippen molar-refractivity contribution in [2.75, 3.05) is 33.4 Å². The fraction of sp³-hybridized carbons (Fsp3) is 0.733. The summed E-state index contributed by atoms with van der Waals surface area (Å²) in [7, 11) is 1.52. The number of aryl methyl sites for hydroxylation is 1. The SMILES string of the molecule is CCn1ccc(C(=O)N2CC(N3CC(F)(F)C[C@H]3COC)C2)n1. The third-order valence-corrected chi connectivity index (χ3v) is 4.58. The summed E-state index contributed by atoms with van der Waals surface area (Å²) < 4.78 is 34.1. The van der Waals surface area contributed by atoms with E-state index in [1.807, 2.05) is 6.92 Å². The molecule has 6 nitrogen and oxygen atoms in total. The molecule has 0 unspecified atom stereocenters. The Bertz CT molecular complexity index is 572. The van der Waals surface area contributed by atoms with E-state index in [1.165, 1.54) is 7.11 Å². The van der Waals surface area contributed by atoms with Gasteiger partial charge in [0.05, 0.1) is 13.2 Å². The van der Waals surface area contributed by atoms with Crippen LogP contribution in [0.5, 0.6) is 0 Å². The highest BCUT2D eigenvalue weighted by atomic mass is 19.3. The molecule has 0 spiro atoms. The Kier molecular flexibility index (Phi) is 4.37. The standard InChI is InChI=1S/C15H22F2N4O2/c1-3-20-5-4-13(18-20)14(22)19-7-12(8-19)21-10-15(16,17)6-11(21)9-23-2/h4-5,11-12H,3,6-10H2,1-2H3/t11-/m0/s1. The second-order valence-electron chi connectivity index (χ2n) is 6.26. The predicted octanol–water partition coefficient (Wildman–Crippen LogP) is 1.08. The van der Waals surface area contributed by atoms with E-state index >= 15 is 0 Å². The van der Waals surface area contributed by atoms with Crippen LogP contribution in [0, 0.1) is 0 Å². The third kappa shape index (κ3) is 3.23. The number of carbonyl (C=O) groups excluding carboxylic acids is 1. The first-order chi connectivity index (χ1) is 10.9. The number of aromatic nitrogens is 2. The van der Waals surface area contributed by atoms with Gasteiger partial charge in [0, 0.05) is 51.4 Å². The highest BCUT2D eigenvalue weighted by Crippen LogP contribution is 2.35. The van der Waals surface area contributed by atoms with Crippen LogP contribution in [0.1, 0.15) is 23.8 Å². The molecule has 128 valence electrons. The minimum atomic E-state index is -2.67. The van der Waals surface area contributed by atoms with Crippen LogP contribution in [0.2, 0.25) is 0 Å². The average Bonchev–Trinajstić information content (AvgIpc) is 3.02. The van der Waals surface area contributed by atoms with Gasteiger partial charge in [0.1, 0.15) is 5.69 Å². The number of carbonyl (C=O) groups is 1. The van der Waals surface area contributed by atoms with E-state index < -0.39 is 5.92 Å². The van der Waals surface area contributed by atoms with Crippen LogP contribution in [-0.2, 0) is 11.3 Å². The molecule has 1 atom stereocenters. The van der Waals surface area contributed by atoms with Gasteiger partial charge in [0.25, 0.3) is 11.8 Å². The fourth-order valence-electron chi connectivity index (χ4n) is 3.34. The lowest BCUT2D eigenvalue weighted by Gasteiger charge is -2.45. The Balaban J connectivity index is 1.58. The molecule has 0 radical (unpaired) electrons. The summed E-state index contributed by atoms with van der Waals surface area (Å²) >= 11 is 0. The molecule has 0 aliphatic carbocycles. The van der Waals surface area contributed by atoms with Crippen LogP contribution in [0.4, 0.5) is 8.78 Å². The van der Waals surface area contributed by atoms with Gasteiger partial charge >= 0.3 is 0 Å². The van der Waals surface area contributed by atoms with Crippen LogP contribution in [-0.4, -0.2) is 76.8 Å². The highest BCUT2D eigenvalue weighted by Gasteiger charge is 2.50. The normalized spacial score (nSPS) is 24.9. The Morgan fingerprint density at radius 1 is 1.48 bits per heavy atom. The maximum Gasteiger partial charge on any atom is 0.274 e. The van der Waals surface area contributed by atoms with Gasteiger partial charge in [-0.15, -0.1) is 0 Å². The van der Waals surface area contributed by atoms with Crippen LogP contribution in [0.15, 0.2) is 12.3 Å². The van der Waals surface area contributed by atoms with Gasteiger partial charge in [-0.25, -0.2) is 8.78 Å². The zero-order valence-corrected chi connectivity index (χ0v) is 13.4. The van der Waals surface area contributed by atoms with Crippen molar-refractivity contribution in [2.45, 2.75) is 37.9 Å². The molecule has 3 heterocycles. The quantitative estimate of drug-likeness (QED) is 0.812. The van der Waals surface area contributed by atoms with Gasteiger partial charge < -0.3 is 9.64 Å². The number of alkyl halides is 2. The van der Waals surface area contributed by atoms with Crippen molar-refractivity contribution < 1.29 is 18.3 Å². The molecule has 1 aromatic heterocycles. The van der Waals surface area contributed by atoms with Crippen LogP contribution in [0.3, 0.4) is 0 Å². The number of nitrogens with zero attached hydrogens (tertiary/aromatic N) is 4. The molecule has 3 rings (SSSR count). The van der Waals surface area contributed by atoms with Crippen molar-refractivity contribution >= 4 is 5.91 Å². The van der Waals surface area contributed by atoms with Crippen molar-refractivity contribution in [1.29, 1.82) is 0 Å². The first kappa shape index (κ1) is 16.3. The van der Waals surface area contributed by atoms with Crippen molar-refractivity contribution in [3.05, 3.63) is 18.0 Å². The van der Waals surface area contributed by atoms with E-state index in [0.717, 1.165) is 0 Å². The summed E-state index contributed by atoms with van der Waals surface area (Å²) in [6.45, 7) is 3.63. The number of rotatable bonds is 5. The zero-order chi connectivity index (χ0) is 16.6. The minimum Gasteiger partial charge on any atom is -0.383 e. The summed E-state index contributed by atoms with van der Waals surface area (Å²) in [5.41, 5.74) is 0.408. The predicted molar refractivity (Wildman–Crippen MR) is 79.5 cm³/mol. The first-order valence-electron chi connectivity index (χ1n) is 7.88. The van der Waals surface area contributed by atoms with Gasteiger partial charge in [-0.2, -0.15) is 5.10 Å². The highest BCUT2D eigenvalue weighted by molar-refractivity contribution is 5.92. The van der Waals surface area contributed by atoms with Crippen molar-refractivity contribution in [3.8, 4) is 0 Å². The molecule has 2 aliphatic heterocycles. The number of halogens is 2. The third-order valence-electron chi connectivity index (χ3n) is 4.58. The van der Waals surface area contributed by atoms with E-state index in [4.69, 9.17) is 4.74 Å². The minimum absolute atomic E-state index is 0.0271. The number of hydrogen-bond acceptors (Lipinski definition) is 4. The monoisotopic (exact) mass is 328 g/mol. The lowest BCUT2D eigenvalue weighted by molar-refractivity contribution is -0.0138. The van der Waals surface area contributed by atoms with Gasteiger partial charge in [0.15, 0.2) is 0 Å². The molecule has 0 saturated carbocycles. The van der Waals surface area contributed by atoms with Crippen LogP contribution >= 0.6 is 0 Å². The summed E-state index contributed by atoms with van der Waals surface area (Å²) in [6.07, 6.45) is 1.59. The van der Waals surface area contributed by atoms with Gasteiger partial charge in [-0.1, -0.05) is 0 Å². The molecular weight excluding hydrogens is 306 g/mol. The largest absolute Gasteiger partial charge is 0.383 e. The fourth-order valence-corrected chi connectivity index (χ4v) is 3.34. The van der Waals surface area contributed by atoms with Crippen molar-refractivity contribution in [1.82, 2.24) is 19.6 Å². The van der Waals surface area contributed by atoms with E-state index in [0.29, 0.717) is 31.9 Å². The Morgan fingerprint density at radius 2 is 2.22 bits per heavy atom. The maximum absolute atomic E-state index is 13.7. The summed E-state index contributed by atoms with van der Waals surface area (Å²) in [4.78, 5) is 15.8. The Morgan fingerprint density at radius 3 is 2.83 bits per heavy atom. The Hall–Kier alpha value is -1.54. The number of likely N-dealkylation sites (tertiary alicyclic amines) is 2. The average molecular weight is 328 g/mol. The summed E-state index contributed by atoms with van der Waals surface area (Å²) in [5.74, 6) is -2.81. The number of ether oxygens (including phenoxy) is 1. The Labute approximate surface area is 134 Å². The van der Waals surface area contributed by atoms with Gasteiger partial charge in [-0.05, 0) is 13.0 Å². The van der Waals surface area contributed by atoms with Crippen LogP contribution < -0.4 is 0 Å². The molecule has 2 fully saturated rings. The van der Waals surface area contributed by atoms with Crippen molar-refractivity contribution in [2.24, 2.45) is 0 Å². The zero-order valence-electron chi connectivity index (χ0n) is 13.4. The second kappa shape index (κ2) is 6.16. The molecule has 0 bridgehead atoms. The van der Waals surface area contributed by atoms with E-state index in [9.17, 15) is 13.6 Å².